The van der Waals surface area contributed by atoms with Crippen LogP contribution in [0.2, 0.25) is 0 Å². The number of aromatic nitrogens is 18. The number of aromatic amines is 1. The lowest BCUT2D eigenvalue weighted by Crippen LogP contribution is -2.34. The summed E-state index contributed by atoms with van der Waals surface area (Å²) in [6, 6.07) is 0. The first-order valence-electron chi connectivity index (χ1n) is 45.5. The summed E-state index contributed by atoms with van der Waals surface area (Å²) < 4.78 is 205. The van der Waals surface area contributed by atoms with Crippen LogP contribution in [-0.4, -0.2) is 312 Å². The van der Waals surface area contributed by atoms with E-state index in [1.807, 2.05) is 4.98 Å². The van der Waals surface area contributed by atoms with Crippen molar-refractivity contribution in [1.29, 1.82) is 0 Å². The van der Waals surface area contributed by atoms with Crippen molar-refractivity contribution in [2.24, 2.45) is 0 Å². The molecule has 9 aromatic heterocycles. The molecule has 10 rings (SSSR count). The second-order valence-corrected chi connectivity index (χ2v) is 41.9. The molecule has 1 aliphatic heterocycles. The number of imidazole rings is 4. The van der Waals surface area contributed by atoms with Crippen LogP contribution in [0.1, 0.15) is 131 Å². The summed E-state index contributed by atoms with van der Waals surface area (Å²) in [4.78, 5) is 169. The van der Waals surface area contributed by atoms with Gasteiger partial charge in [0.05, 0.1) is 145 Å². The van der Waals surface area contributed by atoms with Gasteiger partial charge in [-0.15, -0.1) is 11.8 Å². The van der Waals surface area contributed by atoms with Gasteiger partial charge in [0.2, 0.25) is 53.4 Å². The molecular formula is C81H121FN22O41P4S. The summed E-state index contributed by atoms with van der Waals surface area (Å²) in [7, 11) is -16.9. The molecule has 0 radical (unpaired) electrons. The Morgan fingerprint density at radius 3 is 0.880 bits per heavy atom. The molecular weight excluding hydrogens is 2110 g/mol. The highest BCUT2D eigenvalue weighted by Crippen LogP contribution is 2.51. The molecule has 0 aliphatic carbocycles. The molecule has 69 heteroatoms. The highest BCUT2D eigenvalue weighted by Gasteiger charge is 2.35. The molecule has 0 saturated carbocycles. The molecule has 1 aliphatic rings. The molecule has 9 aromatic rings. The average molecular weight is 2230 g/mol. The lowest BCUT2D eigenvalue weighted by Gasteiger charge is -2.21. The Kier molecular flexibility index (Phi) is 49.6. The highest BCUT2D eigenvalue weighted by molar-refractivity contribution is 8.00. The van der Waals surface area contributed by atoms with Gasteiger partial charge in [0.15, 0.2) is 45.9 Å². The van der Waals surface area contributed by atoms with E-state index >= 15 is 0 Å². The largest absolute Gasteiger partial charge is 0.510 e. The molecule has 7 N–H and O–H groups in total. The summed E-state index contributed by atoms with van der Waals surface area (Å²) in [5.41, 5.74) is 1.21. The number of rotatable bonds is 58. The third kappa shape index (κ3) is 42.8. The first kappa shape index (κ1) is 123. The minimum absolute atomic E-state index is 0.0944. The van der Waals surface area contributed by atoms with E-state index in [1.165, 1.54) is 62.4 Å². The maximum absolute atomic E-state index is 13.5. The van der Waals surface area contributed by atoms with E-state index in [4.69, 9.17) is 122 Å². The van der Waals surface area contributed by atoms with Gasteiger partial charge in [-0.1, -0.05) is 0 Å². The van der Waals surface area contributed by atoms with Gasteiger partial charge in [-0.3, -0.25) is 64.3 Å². The minimum atomic E-state index is -4.26. The fourth-order valence-corrected chi connectivity index (χ4v) is 16.5. The predicted molar refractivity (Wildman–Crippen MR) is 515 cm³/mol. The number of hydrogen-bond donors (Lipinski definition) is 7. The third-order valence-corrected chi connectivity index (χ3v) is 24.4. The number of hydrogen-bond acceptors (Lipinski definition) is 57. The number of anilines is 4. The van der Waals surface area contributed by atoms with Crippen LogP contribution in [-0.2, 0) is 166 Å². The van der Waals surface area contributed by atoms with Crippen molar-refractivity contribution in [3.63, 3.8) is 0 Å². The van der Waals surface area contributed by atoms with Gasteiger partial charge in [-0.05, 0) is 125 Å². The fourth-order valence-electron chi connectivity index (χ4n) is 11.6. The van der Waals surface area contributed by atoms with Crippen molar-refractivity contribution < 1.29 is 188 Å². The highest BCUT2D eigenvalue weighted by atomic mass is 32.2. The van der Waals surface area contributed by atoms with Crippen LogP contribution in [0.4, 0.5) is 61.2 Å². The van der Waals surface area contributed by atoms with Crippen molar-refractivity contribution in [3.05, 3.63) is 83.5 Å². The molecule has 834 valence electrons. The quantitative estimate of drug-likeness (QED) is 0.00805. The van der Waals surface area contributed by atoms with Gasteiger partial charge in [0.1, 0.15) is 84.4 Å². The Morgan fingerprint density at radius 2 is 0.640 bits per heavy atom. The van der Waals surface area contributed by atoms with Crippen LogP contribution < -0.4 is 32.5 Å². The Labute approximate surface area is 857 Å². The molecule has 1 saturated heterocycles. The van der Waals surface area contributed by atoms with Crippen molar-refractivity contribution in [3.8, 4) is 0 Å². The second kappa shape index (κ2) is 60.6. The lowest BCUT2D eigenvalue weighted by atomic mass is 10.4. The number of thioether (sulfide) groups is 1. The van der Waals surface area contributed by atoms with Crippen molar-refractivity contribution in [2.45, 2.75) is 230 Å². The number of fused-ring (bicyclic) bond motifs is 4. The van der Waals surface area contributed by atoms with E-state index in [-0.39, 0.29) is 46.1 Å². The number of carbonyl (C=O) groups excluding carboxylic acids is 7. The maximum Gasteiger partial charge on any atom is 0.510 e. The molecule has 7 atom stereocenters. The van der Waals surface area contributed by atoms with Gasteiger partial charge in [-0.2, -0.15) is 4.39 Å². The molecule has 0 bridgehead atoms. The van der Waals surface area contributed by atoms with Crippen molar-refractivity contribution in [2.75, 3.05) is 120 Å². The Hall–Kier alpha value is -12.4. The molecule has 1 unspecified atom stereocenters. The Bertz CT molecular complexity index is 5920. The number of nitrogens with one attached hydrogen (secondary N) is 5. The van der Waals surface area contributed by atoms with E-state index < -0.39 is 242 Å². The molecule has 0 amide bonds. The summed E-state index contributed by atoms with van der Waals surface area (Å²) in [5.74, 6) is 0.873. The average Bonchev–Trinajstić information content (AvgIpc) is 1.66. The smallest absolute Gasteiger partial charge is 0.432 e. The van der Waals surface area contributed by atoms with Crippen LogP contribution in [0.3, 0.4) is 0 Å². The Morgan fingerprint density at radius 1 is 0.393 bits per heavy atom. The van der Waals surface area contributed by atoms with Crippen LogP contribution >= 0.6 is 42.1 Å². The molecule has 10 heterocycles. The minimum Gasteiger partial charge on any atom is -0.432 e. The summed E-state index contributed by atoms with van der Waals surface area (Å²) in [6.07, 6.45) is -4.24. The first-order chi connectivity index (χ1) is 71.1. The van der Waals surface area contributed by atoms with Crippen molar-refractivity contribution >= 4 is 153 Å². The fraction of sp³-hybridized carbons (Fsp3) is 0.617. The third-order valence-electron chi connectivity index (χ3n) is 17.9. The molecule has 0 spiro atoms. The zero-order valence-corrected chi connectivity index (χ0v) is 89.0. The number of aliphatic hydroxyl groups excluding tert-OH is 1. The normalized spacial score (nSPS) is 14.5. The molecule has 0 aromatic carbocycles. The van der Waals surface area contributed by atoms with E-state index in [9.17, 15) is 70.7 Å². The summed E-state index contributed by atoms with van der Waals surface area (Å²) >= 11 is 1.32. The van der Waals surface area contributed by atoms with Crippen LogP contribution in [0.25, 0.3) is 44.7 Å². The zero-order chi connectivity index (χ0) is 110. The Balaban J connectivity index is 0.000000318. The maximum atomic E-state index is 13.5. The number of aliphatic hydroxyl groups is 1. The monoisotopic (exact) mass is 2230 g/mol. The summed E-state index contributed by atoms with van der Waals surface area (Å²) in [6.45, 7) is 24.3. The van der Waals surface area contributed by atoms with Gasteiger partial charge in [0.25, 0.3) is 5.56 Å². The number of halogens is 1. The van der Waals surface area contributed by atoms with Gasteiger partial charge in [-0.25, -0.2) is 98.2 Å². The zero-order valence-electron chi connectivity index (χ0n) is 84.6. The van der Waals surface area contributed by atoms with Crippen LogP contribution in [0, 0.1) is 5.82 Å². The van der Waals surface area contributed by atoms with E-state index in [0.29, 0.717) is 73.7 Å². The first-order valence-corrected chi connectivity index (χ1v) is 53.5. The van der Waals surface area contributed by atoms with E-state index in [0.717, 1.165) is 10.8 Å². The number of carbonyl (C=O) groups is 7. The van der Waals surface area contributed by atoms with Crippen molar-refractivity contribution in [1.82, 2.24) is 87.6 Å². The van der Waals surface area contributed by atoms with Crippen LogP contribution in [0.15, 0.2) is 66.4 Å². The topological polar surface area (TPSA) is 746 Å². The predicted octanol–water partition coefficient (Wildman–Crippen LogP) is 11.1. The van der Waals surface area contributed by atoms with Crippen LogP contribution in [0.5, 0.6) is 0 Å². The number of H-pyrrole nitrogens is 1. The molecule has 150 heavy (non-hydrogen) atoms. The van der Waals surface area contributed by atoms with Gasteiger partial charge in [0, 0.05) is 5.75 Å². The summed E-state index contributed by atoms with van der Waals surface area (Å²) in [5, 5.41) is 21.4. The SMILES string of the molecule is CC(C)OC(=O)OCOP(=O)(CO[C@H](C)Cn1cnc2c(NCNc3ncnc4c3ncn4C[C@@H](C)OCP(=O)(OCOC(=O)OC(C)C)OCOC(=O)OC(C)C)ncnc21)OCOC(=O)OC(C)C.CC(C)OC(=O)OCOP(=O)(O)CO[C@H](C)Cn1cnc2c(NCNc3ncnc4c3ncn4C[C@@H](C)OCP(=O)(OCOC(=O)OC(C)C)OCOC(=O)OC(C)C)ncnc21.O=c1[nH]c(=O)n([C@@H]2CS[C@H](CO)O2)cc1F. The molecule has 1 fully saturated rings. The standard InChI is InChI=1S/C39H60N10O20P2.C34H52N10O17P2.C8H9FN2O4S/c1-24(2)66-36(50)56-18-62-70(54,63-19-57-37(51)67-25(3)4)22-60-28(9)11-48-16-46-30-32(42-14-44-34(30)48)40-13-41-33-31-35(45-15-43-33)49(17-47-31)12-29(10)61-23-71(55,64-20-58-38(52)68-26(5)6)65-21-59-39(53)69-27(7)8;1-21(2)59-32(45)51-16-56-62(48,49)19-54-24(7)9-43-14-41-26-28(37-12-39-30(26)43)35-11-36-29-27-31(40-13-38-29)44(15-42-27)10-25(8)55-20-63(50,57-17-52-33(46)60-22(3)4)58-18-53-34(47)61-23(5)6;9-4-1-11(8(14)10-7(4)13)5-3-16-6(2-12)15-5/h14-17,24-29H,11-13,18-23H2,1-10H3,(H,40,42,44)(H,41,43,45);12-15,21-25H,9-11,16-20H2,1-8H3,(H,48,49)(H,35,37,39)(H,36,38,40);1,5-6,12H,2-3H2,(H,10,13,14)/t28-,29-;24-,25-;5-,6+/m110/s1. The number of nitrogens with zero attached hydrogens (tertiary/aromatic N) is 17. The van der Waals surface area contributed by atoms with Gasteiger partial charge < -0.3 is 140 Å². The molecule has 63 nitrogen and oxygen atoms in total. The van der Waals surface area contributed by atoms with E-state index in [2.05, 4.69) is 85.8 Å². The van der Waals surface area contributed by atoms with Gasteiger partial charge >= 0.3 is 79.2 Å². The number of ether oxygens (including phenoxy) is 19. The second-order valence-electron chi connectivity index (χ2n) is 33.0. The van der Waals surface area contributed by atoms with E-state index in [1.54, 1.807) is 143 Å². The lowest BCUT2D eigenvalue weighted by molar-refractivity contribution is -0.0390.